The van der Waals surface area contributed by atoms with Crippen molar-refractivity contribution in [2.75, 3.05) is 11.5 Å². The molecule has 0 fully saturated rings. The zero-order valence-corrected chi connectivity index (χ0v) is 14.1. The molecule has 0 aliphatic rings. The zero-order valence-electron chi connectivity index (χ0n) is 9.43. The number of hydrogen-bond acceptors (Lipinski definition) is 8. The first-order valence-corrected chi connectivity index (χ1v) is 8.41. The van der Waals surface area contributed by atoms with Crippen LogP contribution >= 0.6 is 69.9 Å². The summed E-state index contributed by atoms with van der Waals surface area (Å²) in [7, 11) is 0. The number of thioether (sulfide) groups is 2. The number of hydrogen-bond donors (Lipinski definition) is 0. The zero-order chi connectivity index (χ0) is 14.5. The lowest BCUT2D eigenvalue weighted by Gasteiger charge is -2.01. The summed E-state index contributed by atoms with van der Waals surface area (Å²) < 4.78 is 0. The molecule has 0 radical (unpaired) electrons. The highest BCUT2D eigenvalue weighted by atomic mass is 35.5. The molecule has 0 amide bonds. The van der Waals surface area contributed by atoms with E-state index in [0.717, 1.165) is 0 Å². The molecular weight excluding hydrogens is 386 g/mol. The van der Waals surface area contributed by atoms with E-state index in [4.69, 9.17) is 46.4 Å². The molecule has 0 spiro atoms. The molecule has 0 N–H and O–H groups in total. The maximum Gasteiger partial charge on any atom is 0.227 e. The van der Waals surface area contributed by atoms with Crippen molar-refractivity contribution in [1.82, 2.24) is 29.9 Å². The Balaban J connectivity index is 1.84. The lowest BCUT2D eigenvalue weighted by Crippen LogP contribution is -1.96. The monoisotopic (exact) mass is 388 g/mol. The van der Waals surface area contributed by atoms with Gasteiger partial charge in [0, 0.05) is 11.5 Å². The van der Waals surface area contributed by atoms with Crippen LogP contribution in [0.25, 0.3) is 0 Å². The third-order valence-corrected chi connectivity index (χ3v) is 4.30. The molecule has 2 heterocycles. The molecule has 0 aliphatic carbocycles. The smallest absolute Gasteiger partial charge is 0.192 e. The Labute approximate surface area is 142 Å². The van der Waals surface area contributed by atoms with Crippen molar-refractivity contribution in [1.29, 1.82) is 0 Å². The second-order valence-electron chi connectivity index (χ2n) is 3.01. The second-order valence-corrected chi connectivity index (χ2v) is 6.49. The molecule has 0 bridgehead atoms. The minimum Gasteiger partial charge on any atom is -0.192 e. The average Bonchev–Trinajstić information content (AvgIpc) is 2.32. The minimum absolute atomic E-state index is 0.0659. The standard InChI is InChI=1S/C8H4Cl4N6S2/c9-3-13-4(10)16-7(15-3)19-1-2-20-8-17-5(11)14-6(12)18-8/h1-2H2. The molecule has 20 heavy (non-hydrogen) atoms. The van der Waals surface area contributed by atoms with Crippen LogP contribution in [0, 0.1) is 0 Å². The maximum absolute atomic E-state index is 5.67. The number of halogens is 4. The van der Waals surface area contributed by atoms with Crippen LogP contribution in [0.15, 0.2) is 10.3 Å². The van der Waals surface area contributed by atoms with Crippen LogP contribution in [0.2, 0.25) is 21.1 Å². The van der Waals surface area contributed by atoms with E-state index < -0.39 is 0 Å². The Bertz CT molecular complexity index is 522. The van der Waals surface area contributed by atoms with Crippen LogP contribution in [-0.2, 0) is 0 Å². The molecule has 0 aliphatic heterocycles. The molecule has 2 aromatic heterocycles. The Morgan fingerprint density at radius 3 is 1.15 bits per heavy atom. The van der Waals surface area contributed by atoms with Crippen LogP contribution in [0.1, 0.15) is 0 Å². The Morgan fingerprint density at radius 2 is 0.850 bits per heavy atom. The molecule has 2 aromatic rings. The van der Waals surface area contributed by atoms with Gasteiger partial charge >= 0.3 is 0 Å². The van der Waals surface area contributed by atoms with Crippen LogP contribution in [0.5, 0.6) is 0 Å². The van der Waals surface area contributed by atoms with Crippen molar-refractivity contribution in [3.63, 3.8) is 0 Å². The van der Waals surface area contributed by atoms with E-state index in [1.807, 2.05) is 0 Å². The molecule has 0 aromatic carbocycles. The largest absolute Gasteiger partial charge is 0.227 e. The van der Waals surface area contributed by atoms with Gasteiger partial charge in [-0.15, -0.1) is 0 Å². The Morgan fingerprint density at radius 1 is 0.550 bits per heavy atom. The number of nitrogens with zero attached hydrogens (tertiary/aromatic N) is 6. The Hall–Kier alpha value is -0.120. The van der Waals surface area contributed by atoms with Gasteiger partial charge in [0.25, 0.3) is 0 Å². The molecule has 12 heteroatoms. The molecule has 106 valence electrons. The molecule has 0 saturated heterocycles. The summed E-state index contributed by atoms with van der Waals surface area (Å²) in [6, 6.07) is 0. The van der Waals surface area contributed by atoms with Gasteiger partial charge in [-0.2, -0.15) is 29.9 Å². The fourth-order valence-corrected chi connectivity index (χ4v) is 3.58. The van der Waals surface area contributed by atoms with E-state index in [-0.39, 0.29) is 21.1 Å². The molecule has 2 rings (SSSR count). The van der Waals surface area contributed by atoms with E-state index in [2.05, 4.69) is 29.9 Å². The summed E-state index contributed by atoms with van der Waals surface area (Å²) in [5.74, 6) is 1.39. The quantitative estimate of drug-likeness (QED) is 0.567. The summed E-state index contributed by atoms with van der Waals surface area (Å²) in [5, 5.41) is 1.18. The maximum atomic E-state index is 5.67. The summed E-state index contributed by atoms with van der Waals surface area (Å²) >= 11 is 25.5. The highest BCUT2D eigenvalue weighted by molar-refractivity contribution is 8.02. The van der Waals surface area contributed by atoms with Crippen molar-refractivity contribution in [3.05, 3.63) is 21.1 Å². The summed E-state index contributed by atoms with van der Waals surface area (Å²) in [4.78, 5) is 23.1. The first kappa shape index (κ1) is 16.3. The van der Waals surface area contributed by atoms with Crippen molar-refractivity contribution in [2.45, 2.75) is 10.3 Å². The van der Waals surface area contributed by atoms with Gasteiger partial charge in [-0.3, -0.25) is 0 Å². The van der Waals surface area contributed by atoms with Gasteiger partial charge in [0.1, 0.15) is 0 Å². The lowest BCUT2D eigenvalue weighted by molar-refractivity contribution is 0.901. The van der Waals surface area contributed by atoms with Gasteiger partial charge in [0.15, 0.2) is 10.3 Å². The molecule has 0 atom stereocenters. The van der Waals surface area contributed by atoms with E-state index in [1.165, 1.54) is 23.5 Å². The van der Waals surface area contributed by atoms with Gasteiger partial charge in [0.05, 0.1) is 0 Å². The van der Waals surface area contributed by atoms with Crippen molar-refractivity contribution in [2.24, 2.45) is 0 Å². The van der Waals surface area contributed by atoms with Gasteiger partial charge in [-0.1, -0.05) is 23.5 Å². The number of aromatic nitrogens is 6. The van der Waals surface area contributed by atoms with Crippen molar-refractivity contribution < 1.29 is 0 Å². The minimum atomic E-state index is 0.0659. The summed E-state index contributed by atoms with van der Waals surface area (Å²) in [6.45, 7) is 0. The molecular formula is C8H4Cl4N6S2. The predicted octanol–water partition coefficient (Wildman–Crippen LogP) is 3.55. The second kappa shape index (κ2) is 7.77. The van der Waals surface area contributed by atoms with Crippen molar-refractivity contribution in [3.8, 4) is 0 Å². The summed E-state index contributed by atoms with van der Waals surface area (Å²) in [5.41, 5.74) is 0. The highest BCUT2D eigenvalue weighted by Gasteiger charge is 2.06. The van der Waals surface area contributed by atoms with Crippen LogP contribution in [0.3, 0.4) is 0 Å². The molecule has 0 saturated carbocycles. The van der Waals surface area contributed by atoms with Crippen LogP contribution in [-0.4, -0.2) is 41.4 Å². The van der Waals surface area contributed by atoms with E-state index in [1.54, 1.807) is 0 Å². The molecule has 0 unspecified atom stereocenters. The third-order valence-electron chi connectivity index (χ3n) is 1.67. The molecule has 6 nitrogen and oxygen atoms in total. The Kier molecular flexibility index (Phi) is 6.31. The van der Waals surface area contributed by atoms with E-state index in [0.29, 0.717) is 21.8 Å². The average molecular weight is 390 g/mol. The first-order valence-electron chi connectivity index (χ1n) is 4.92. The fourth-order valence-electron chi connectivity index (χ4n) is 1.01. The van der Waals surface area contributed by atoms with Crippen molar-refractivity contribution >= 4 is 69.9 Å². The van der Waals surface area contributed by atoms with E-state index in [9.17, 15) is 0 Å². The fraction of sp³-hybridized carbons (Fsp3) is 0.250. The highest BCUT2D eigenvalue weighted by Crippen LogP contribution is 2.21. The van der Waals surface area contributed by atoms with Gasteiger partial charge in [-0.05, 0) is 46.4 Å². The lowest BCUT2D eigenvalue weighted by atomic mass is 11.0. The van der Waals surface area contributed by atoms with E-state index >= 15 is 0 Å². The van der Waals surface area contributed by atoms with Gasteiger partial charge in [-0.25, -0.2) is 0 Å². The normalized spacial score (nSPS) is 10.8. The van der Waals surface area contributed by atoms with Gasteiger partial charge in [0.2, 0.25) is 21.1 Å². The predicted molar refractivity (Wildman–Crippen MR) is 81.1 cm³/mol. The van der Waals surface area contributed by atoms with Crippen LogP contribution in [0.4, 0.5) is 0 Å². The number of rotatable bonds is 5. The summed E-state index contributed by atoms with van der Waals surface area (Å²) in [6.07, 6.45) is 0. The first-order chi connectivity index (χ1) is 9.52. The van der Waals surface area contributed by atoms with Crippen LogP contribution < -0.4 is 0 Å². The topological polar surface area (TPSA) is 77.3 Å². The third kappa shape index (κ3) is 5.34. The van der Waals surface area contributed by atoms with Gasteiger partial charge < -0.3 is 0 Å². The SMILES string of the molecule is Clc1nc(Cl)nc(SCCSc2nc(Cl)nc(Cl)n2)n1.